The summed E-state index contributed by atoms with van der Waals surface area (Å²) in [6, 6.07) is 13.6. The maximum atomic E-state index is 5.14. The molecule has 3 aromatic heterocycles. The molecule has 36 heavy (non-hydrogen) atoms. The zero-order valence-electron chi connectivity index (χ0n) is 23.2. The molecule has 6 heteroatoms. The number of rotatable bonds is 1. The van der Waals surface area contributed by atoms with Gasteiger partial charge in [0.15, 0.2) is 0 Å². The molecule has 0 amide bonds. The van der Waals surface area contributed by atoms with E-state index in [0.29, 0.717) is 0 Å². The minimum absolute atomic E-state index is 0.116. The van der Waals surface area contributed by atoms with Gasteiger partial charge in [-0.05, 0) is 65.6 Å². The summed E-state index contributed by atoms with van der Waals surface area (Å²) in [6.07, 6.45) is 6.41. The molecule has 0 spiro atoms. The maximum Gasteiger partial charge on any atom is 0.118 e. The van der Waals surface area contributed by atoms with Crippen molar-refractivity contribution in [1.29, 1.82) is 0 Å². The van der Waals surface area contributed by atoms with Crippen molar-refractivity contribution in [2.75, 3.05) is 6.26 Å². The second-order valence-electron chi connectivity index (χ2n) is 12.3. The van der Waals surface area contributed by atoms with Crippen molar-refractivity contribution in [2.45, 2.75) is 88.2 Å². The summed E-state index contributed by atoms with van der Waals surface area (Å²) in [4.78, 5) is 0. The number of aromatic nitrogens is 4. The van der Waals surface area contributed by atoms with Crippen molar-refractivity contribution < 1.29 is 0 Å². The van der Waals surface area contributed by atoms with E-state index >= 15 is 0 Å². The van der Waals surface area contributed by atoms with Gasteiger partial charge >= 0.3 is 0 Å². The van der Waals surface area contributed by atoms with Crippen LogP contribution in [0.3, 0.4) is 0 Å². The highest BCUT2D eigenvalue weighted by Crippen LogP contribution is 2.50. The summed E-state index contributed by atoms with van der Waals surface area (Å²) in [6.45, 7) is 20.8. The van der Waals surface area contributed by atoms with Crippen molar-refractivity contribution in [3.05, 3.63) is 76.9 Å². The van der Waals surface area contributed by atoms with Crippen LogP contribution in [-0.2, 0) is 21.7 Å². The van der Waals surface area contributed by atoms with Crippen molar-refractivity contribution in [3.8, 4) is 10.7 Å². The Morgan fingerprint density at radius 1 is 0.722 bits per heavy atom. The fourth-order valence-electron chi connectivity index (χ4n) is 5.24. The Balaban J connectivity index is 1.83. The molecule has 0 aliphatic carbocycles. The van der Waals surface area contributed by atoms with Gasteiger partial charge in [0.05, 0.1) is 21.3 Å². The van der Waals surface area contributed by atoms with Crippen LogP contribution in [-0.4, -0.2) is 25.8 Å². The number of hydrogen-bond donors (Lipinski definition) is 0. The van der Waals surface area contributed by atoms with E-state index in [2.05, 4.69) is 122 Å². The predicted molar refractivity (Wildman–Crippen MR) is 154 cm³/mol. The standard InChI is InChI=1S/C30H38N4S2/c1-19-15-20-17-21(16-19)33-13-11-23(31-33)29(6,7)30(8,9)24-12-14-34(32-24)25-18-22(26(35-10)36-25)28(4,5)27(20,2)3/h11-18H,1-10H3. The van der Waals surface area contributed by atoms with Crippen LogP contribution in [0.4, 0.5) is 0 Å². The van der Waals surface area contributed by atoms with E-state index in [4.69, 9.17) is 10.2 Å². The van der Waals surface area contributed by atoms with Gasteiger partial charge in [-0.1, -0.05) is 61.5 Å². The first-order chi connectivity index (χ1) is 16.7. The number of fused-ring (bicyclic) bond motifs is 10. The first-order valence-corrected chi connectivity index (χ1v) is 14.7. The van der Waals surface area contributed by atoms with Crippen LogP contribution in [0.15, 0.2) is 53.0 Å². The minimum Gasteiger partial charge on any atom is -0.241 e. The fourth-order valence-corrected chi connectivity index (χ4v) is 7.35. The van der Waals surface area contributed by atoms with E-state index in [1.807, 2.05) is 27.8 Å². The molecular formula is C30H38N4S2. The van der Waals surface area contributed by atoms with E-state index in [9.17, 15) is 0 Å². The molecule has 1 aliphatic rings. The molecule has 4 aromatic rings. The lowest BCUT2D eigenvalue weighted by molar-refractivity contribution is 0.286. The number of benzene rings is 1. The van der Waals surface area contributed by atoms with Crippen LogP contribution in [0.5, 0.6) is 0 Å². The van der Waals surface area contributed by atoms with E-state index in [0.717, 1.165) is 17.1 Å². The van der Waals surface area contributed by atoms with Gasteiger partial charge in [-0.25, -0.2) is 9.36 Å². The van der Waals surface area contributed by atoms with Gasteiger partial charge in [-0.3, -0.25) is 0 Å². The maximum absolute atomic E-state index is 5.14. The largest absolute Gasteiger partial charge is 0.241 e. The fraction of sp³-hybridized carbons (Fsp3) is 0.467. The monoisotopic (exact) mass is 518 g/mol. The first-order valence-electron chi connectivity index (χ1n) is 12.6. The third-order valence-corrected chi connectivity index (χ3v) is 11.7. The number of nitrogens with zero attached hydrogens (tertiary/aromatic N) is 4. The summed E-state index contributed by atoms with van der Waals surface area (Å²) in [5.41, 5.74) is 6.52. The van der Waals surface area contributed by atoms with Crippen LogP contribution in [0, 0.1) is 6.92 Å². The van der Waals surface area contributed by atoms with Crippen LogP contribution >= 0.6 is 23.1 Å². The smallest absolute Gasteiger partial charge is 0.118 e. The summed E-state index contributed by atoms with van der Waals surface area (Å²) < 4.78 is 5.47. The Morgan fingerprint density at radius 3 is 1.92 bits per heavy atom. The van der Waals surface area contributed by atoms with Gasteiger partial charge in [-0.2, -0.15) is 10.2 Å². The van der Waals surface area contributed by atoms with Crippen molar-refractivity contribution in [2.24, 2.45) is 0 Å². The molecule has 0 N–H and O–H groups in total. The van der Waals surface area contributed by atoms with Crippen LogP contribution in [0.1, 0.15) is 83.5 Å². The number of aryl methyl sites for hydroxylation is 1. The summed E-state index contributed by atoms with van der Waals surface area (Å²) in [5, 5.41) is 11.4. The molecule has 190 valence electrons. The highest BCUT2D eigenvalue weighted by molar-refractivity contribution is 8.00. The van der Waals surface area contributed by atoms with Crippen molar-refractivity contribution in [3.63, 3.8) is 0 Å². The minimum atomic E-state index is -0.229. The van der Waals surface area contributed by atoms with Gasteiger partial charge < -0.3 is 0 Å². The quantitative estimate of drug-likeness (QED) is 0.240. The van der Waals surface area contributed by atoms with Crippen LogP contribution < -0.4 is 0 Å². The Kier molecular flexibility index (Phi) is 5.70. The molecule has 5 rings (SSSR count). The summed E-state index contributed by atoms with van der Waals surface area (Å²) in [5.74, 6) is 0. The zero-order valence-corrected chi connectivity index (χ0v) is 24.9. The lowest BCUT2D eigenvalue weighted by Gasteiger charge is -2.43. The Hall–Kier alpha value is -2.31. The lowest BCUT2D eigenvalue weighted by Crippen LogP contribution is -2.41. The average molecular weight is 519 g/mol. The van der Waals surface area contributed by atoms with E-state index < -0.39 is 0 Å². The summed E-state index contributed by atoms with van der Waals surface area (Å²) >= 11 is 3.68. The normalized spacial score (nSPS) is 19.3. The van der Waals surface area contributed by atoms with E-state index in [-0.39, 0.29) is 21.7 Å². The zero-order chi connectivity index (χ0) is 26.3. The second kappa shape index (κ2) is 8.09. The molecule has 8 bridgehead atoms. The van der Waals surface area contributed by atoms with Gasteiger partial charge in [0.1, 0.15) is 5.00 Å². The third-order valence-electron chi connectivity index (χ3n) is 9.40. The molecule has 4 nitrogen and oxygen atoms in total. The van der Waals surface area contributed by atoms with E-state index in [1.165, 1.54) is 25.9 Å². The average Bonchev–Trinajstić information content (AvgIpc) is 3.57. The van der Waals surface area contributed by atoms with Crippen molar-refractivity contribution >= 4 is 23.1 Å². The number of thioether (sulfide) groups is 1. The lowest BCUT2D eigenvalue weighted by atomic mass is 9.61. The third kappa shape index (κ3) is 3.55. The molecule has 0 radical (unpaired) electrons. The molecule has 0 unspecified atom stereocenters. The molecule has 0 fully saturated rings. The molecule has 4 heterocycles. The molecular weight excluding hydrogens is 480 g/mol. The van der Waals surface area contributed by atoms with Gasteiger partial charge in [-0.15, -0.1) is 23.1 Å². The Morgan fingerprint density at radius 2 is 1.31 bits per heavy atom. The molecule has 0 atom stereocenters. The Bertz CT molecular complexity index is 1450. The SMILES string of the molecule is CSc1sc2cc1C(C)(C)C(C)(C)c1cc(C)cc(c1)-n1ccc(n1)C(C)(C)C(C)(C)c1ccn-2n1. The predicted octanol–water partition coefficient (Wildman–Crippen LogP) is 7.97. The highest BCUT2D eigenvalue weighted by Gasteiger charge is 2.44. The van der Waals surface area contributed by atoms with Gasteiger partial charge in [0.25, 0.3) is 0 Å². The summed E-state index contributed by atoms with van der Waals surface area (Å²) in [7, 11) is 0. The molecule has 0 saturated heterocycles. The van der Waals surface area contributed by atoms with Gasteiger partial charge in [0, 0.05) is 28.6 Å². The van der Waals surface area contributed by atoms with Gasteiger partial charge in [0.2, 0.25) is 0 Å². The van der Waals surface area contributed by atoms with Crippen LogP contribution in [0.2, 0.25) is 0 Å². The number of thiophene rings is 1. The molecule has 0 saturated carbocycles. The second-order valence-corrected chi connectivity index (χ2v) is 14.4. The van der Waals surface area contributed by atoms with E-state index in [1.54, 1.807) is 0 Å². The molecule has 1 aliphatic heterocycles. The molecule has 1 aromatic carbocycles. The van der Waals surface area contributed by atoms with Crippen LogP contribution in [0.25, 0.3) is 10.7 Å². The first kappa shape index (κ1) is 25.3. The number of hydrogen-bond acceptors (Lipinski definition) is 4. The Labute approximate surface area is 224 Å². The highest BCUT2D eigenvalue weighted by atomic mass is 32.2. The topological polar surface area (TPSA) is 35.6 Å². The van der Waals surface area contributed by atoms with Crippen molar-refractivity contribution in [1.82, 2.24) is 19.6 Å².